The standard InChI is InChI=1S/C17H28N6O.HI/c1-10-21-22-13(23(10)4)9-18-16(19-11-5-6-11)20-14-12-7-8-24-15(12)17(14,2)3;/h11-12,14-15H,5-9H2,1-4H3,(H2,18,19,20);1H. The van der Waals surface area contributed by atoms with Crippen LogP contribution in [0.25, 0.3) is 0 Å². The van der Waals surface area contributed by atoms with E-state index < -0.39 is 0 Å². The van der Waals surface area contributed by atoms with Crippen LogP contribution in [0.2, 0.25) is 0 Å². The van der Waals surface area contributed by atoms with Gasteiger partial charge in [-0.15, -0.1) is 34.2 Å². The first kappa shape index (κ1) is 18.9. The molecule has 3 unspecified atom stereocenters. The monoisotopic (exact) mass is 460 g/mol. The quantitative estimate of drug-likeness (QED) is 0.407. The fraction of sp³-hybridized carbons (Fsp3) is 0.824. The zero-order chi connectivity index (χ0) is 16.9. The zero-order valence-corrected chi connectivity index (χ0v) is 17.8. The summed E-state index contributed by atoms with van der Waals surface area (Å²) in [6, 6.07) is 0.979. The molecule has 2 saturated carbocycles. The van der Waals surface area contributed by atoms with Gasteiger partial charge in [-0.1, -0.05) is 13.8 Å². The average Bonchev–Trinajstić information content (AvgIpc) is 3.15. The Hall–Kier alpha value is -0.900. The van der Waals surface area contributed by atoms with Gasteiger partial charge >= 0.3 is 0 Å². The molecule has 0 aromatic carbocycles. The zero-order valence-electron chi connectivity index (χ0n) is 15.5. The van der Waals surface area contributed by atoms with Crippen molar-refractivity contribution in [1.82, 2.24) is 25.4 Å². The van der Waals surface area contributed by atoms with Gasteiger partial charge in [0, 0.05) is 37.1 Å². The Morgan fingerprint density at radius 2 is 2.04 bits per heavy atom. The van der Waals surface area contributed by atoms with Crippen LogP contribution in [0.1, 0.15) is 44.8 Å². The molecule has 7 nitrogen and oxygen atoms in total. The van der Waals surface area contributed by atoms with E-state index in [9.17, 15) is 0 Å². The van der Waals surface area contributed by atoms with Crippen molar-refractivity contribution in [1.29, 1.82) is 0 Å². The van der Waals surface area contributed by atoms with E-state index in [1.807, 2.05) is 18.5 Å². The molecular weight excluding hydrogens is 431 g/mol. The highest BCUT2D eigenvalue weighted by molar-refractivity contribution is 14.0. The summed E-state index contributed by atoms with van der Waals surface area (Å²) in [7, 11) is 1.98. The van der Waals surface area contributed by atoms with Gasteiger partial charge in [-0.2, -0.15) is 0 Å². The fourth-order valence-electron chi connectivity index (χ4n) is 4.06. The van der Waals surface area contributed by atoms with E-state index in [1.54, 1.807) is 0 Å². The number of aliphatic imine (C=N–C) groups is 1. The largest absolute Gasteiger partial charge is 0.377 e. The van der Waals surface area contributed by atoms with E-state index in [0.29, 0.717) is 30.7 Å². The molecule has 140 valence electrons. The lowest BCUT2D eigenvalue weighted by Gasteiger charge is -2.55. The molecule has 0 spiro atoms. The third-order valence-corrected chi connectivity index (χ3v) is 5.87. The second-order valence-corrected chi connectivity index (χ2v) is 7.99. The van der Waals surface area contributed by atoms with Gasteiger partial charge in [-0.05, 0) is 26.2 Å². The Morgan fingerprint density at radius 1 is 1.28 bits per heavy atom. The molecule has 8 heteroatoms. The molecule has 1 saturated heterocycles. The summed E-state index contributed by atoms with van der Waals surface area (Å²) in [4.78, 5) is 4.78. The number of fused-ring (bicyclic) bond motifs is 1. The molecule has 2 aliphatic carbocycles. The van der Waals surface area contributed by atoms with Gasteiger partial charge < -0.3 is 19.9 Å². The van der Waals surface area contributed by atoms with E-state index in [4.69, 9.17) is 9.73 Å². The number of guanidine groups is 1. The highest BCUT2D eigenvalue weighted by Gasteiger charge is 2.59. The van der Waals surface area contributed by atoms with Crippen LogP contribution in [0.15, 0.2) is 4.99 Å². The lowest BCUT2D eigenvalue weighted by molar-refractivity contribution is -0.106. The Balaban J connectivity index is 0.00000182. The third kappa shape index (κ3) is 3.51. The first-order valence-corrected chi connectivity index (χ1v) is 9.01. The maximum absolute atomic E-state index is 5.90. The average molecular weight is 460 g/mol. The number of aryl methyl sites for hydroxylation is 1. The molecule has 4 rings (SSSR count). The van der Waals surface area contributed by atoms with Crippen LogP contribution >= 0.6 is 24.0 Å². The van der Waals surface area contributed by atoms with Crippen molar-refractivity contribution in [3.05, 3.63) is 11.6 Å². The molecule has 3 aliphatic rings. The van der Waals surface area contributed by atoms with Gasteiger partial charge in [0.25, 0.3) is 0 Å². The molecule has 1 aromatic heterocycles. The number of ether oxygens (including phenoxy) is 1. The minimum atomic E-state index is 0. The molecular formula is C17H29IN6O. The number of hydrogen-bond acceptors (Lipinski definition) is 4. The summed E-state index contributed by atoms with van der Waals surface area (Å²) < 4.78 is 7.89. The van der Waals surface area contributed by atoms with Crippen molar-refractivity contribution < 1.29 is 4.74 Å². The van der Waals surface area contributed by atoms with Crippen molar-refractivity contribution in [2.24, 2.45) is 23.4 Å². The molecule has 2 N–H and O–H groups in total. The smallest absolute Gasteiger partial charge is 0.192 e. The van der Waals surface area contributed by atoms with Crippen LogP contribution in [0, 0.1) is 18.3 Å². The molecule has 0 bridgehead atoms. The van der Waals surface area contributed by atoms with Crippen LogP contribution < -0.4 is 10.6 Å². The van der Waals surface area contributed by atoms with E-state index in [0.717, 1.165) is 30.6 Å². The fourth-order valence-corrected chi connectivity index (χ4v) is 4.06. The van der Waals surface area contributed by atoms with Gasteiger partial charge in [0.05, 0.1) is 6.10 Å². The minimum Gasteiger partial charge on any atom is -0.377 e. The van der Waals surface area contributed by atoms with Gasteiger partial charge in [0.2, 0.25) is 0 Å². The second kappa shape index (κ2) is 7.02. The SMILES string of the molecule is Cc1nnc(CN=C(NC2CC2)NC2C3CCOC3C2(C)C)n1C.I. The van der Waals surface area contributed by atoms with Crippen molar-refractivity contribution in [2.45, 2.75) is 64.8 Å². The number of hydrogen-bond donors (Lipinski definition) is 2. The normalized spacial score (nSPS) is 30.2. The lowest BCUT2D eigenvalue weighted by atomic mass is 9.57. The molecule has 0 radical (unpaired) electrons. The summed E-state index contributed by atoms with van der Waals surface area (Å²) in [5, 5.41) is 15.5. The third-order valence-electron chi connectivity index (χ3n) is 5.87. The summed E-state index contributed by atoms with van der Waals surface area (Å²) in [6.45, 7) is 7.96. The van der Waals surface area contributed by atoms with Crippen LogP contribution in [0.5, 0.6) is 0 Å². The van der Waals surface area contributed by atoms with E-state index >= 15 is 0 Å². The maximum Gasteiger partial charge on any atom is 0.192 e. The number of rotatable bonds is 4. The first-order chi connectivity index (χ1) is 11.5. The number of halogens is 1. The molecule has 0 amide bonds. The van der Waals surface area contributed by atoms with Crippen molar-refractivity contribution in [3.8, 4) is 0 Å². The Labute approximate surface area is 166 Å². The molecule has 1 aliphatic heterocycles. The highest BCUT2D eigenvalue weighted by atomic mass is 127. The lowest BCUT2D eigenvalue weighted by Crippen LogP contribution is -2.68. The second-order valence-electron chi connectivity index (χ2n) is 7.99. The topological polar surface area (TPSA) is 76.4 Å². The number of nitrogens with zero attached hydrogens (tertiary/aromatic N) is 4. The van der Waals surface area contributed by atoms with Crippen molar-refractivity contribution in [3.63, 3.8) is 0 Å². The van der Waals surface area contributed by atoms with E-state index in [2.05, 4.69) is 34.7 Å². The highest BCUT2D eigenvalue weighted by Crippen LogP contribution is 2.52. The number of aromatic nitrogens is 3. The predicted octanol–water partition coefficient (Wildman–Crippen LogP) is 1.75. The van der Waals surface area contributed by atoms with Gasteiger partial charge in [0.15, 0.2) is 11.8 Å². The Bertz CT molecular complexity index is 654. The summed E-state index contributed by atoms with van der Waals surface area (Å²) in [5.41, 5.74) is 0.147. The van der Waals surface area contributed by atoms with Crippen molar-refractivity contribution >= 4 is 29.9 Å². The van der Waals surface area contributed by atoms with Gasteiger partial charge in [-0.3, -0.25) is 0 Å². The van der Waals surface area contributed by atoms with Gasteiger partial charge in [-0.25, -0.2) is 4.99 Å². The number of nitrogens with one attached hydrogen (secondary N) is 2. The van der Waals surface area contributed by atoms with Gasteiger partial charge in [0.1, 0.15) is 12.4 Å². The van der Waals surface area contributed by atoms with E-state index in [-0.39, 0.29) is 29.4 Å². The molecule has 25 heavy (non-hydrogen) atoms. The summed E-state index contributed by atoms with van der Waals surface area (Å²) in [6.07, 6.45) is 3.99. The molecule has 3 fully saturated rings. The van der Waals surface area contributed by atoms with E-state index in [1.165, 1.54) is 12.8 Å². The molecule has 3 atom stereocenters. The molecule has 1 aromatic rings. The predicted molar refractivity (Wildman–Crippen MR) is 107 cm³/mol. The van der Waals surface area contributed by atoms with Crippen LogP contribution in [-0.2, 0) is 18.3 Å². The summed E-state index contributed by atoms with van der Waals surface area (Å²) in [5.74, 6) is 3.31. The Morgan fingerprint density at radius 3 is 2.68 bits per heavy atom. The molecule has 2 heterocycles. The maximum atomic E-state index is 5.90. The van der Waals surface area contributed by atoms with Crippen LogP contribution in [-0.4, -0.2) is 45.5 Å². The first-order valence-electron chi connectivity index (χ1n) is 9.01. The van der Waals surface area contributed by atoms with Crippen LogP contribution in [0.4, 0.5) is 0 Å². The van der Waals surface area contributed by atoms with Crippen molar-refractivity contribution in [2.75, 3.05) is 6.61 Å². The Kier molecular flexibility index (Phi) is 5.30. The van der Waals surface area contributed by atoms with Crippen LogP contribution in [0.3, 0.4) is 0 Å². The minimum absolute atomic E-state index is 0. The summed E-state index contributed by atoms with van der Waals surface area (Å²) >= 11 is 0.